The summed E-state index contributed by atoms with van der Waals surface area (Å²) in [6, 6.07) is 3.53. The lowest BCUT2D eigenvalue weighted by atomic mass is 10.4. The highest BCUT2D eigenvalue weighted by Gasteiger charge is 2.03. The summed E-state index contributed by atoms with van der Waals surface area (Å²) in [6.07, 6.45) is 1.94. The number of alkyl halides is 1. The minimum absolute atomic E-state index is 0.0851. The van der Waals surface area contributed by atoms with Crippen molar-refractivity contribution in [1.29, 1.82) is 0 Å². The predicted octanol–water partition coefficient (Wildman–Crippen LogP) is 0.698. The zero-order valence-electron chi connectivity index (χ0n) is 8.05. The van der Waals surface area contributed by atoms with Gasteiger partial charge in [0.1, 0.15) is 11.7 Å². The van der Waals surface area contributed by atoms with E-state index in [0.29, 0.717) is 5.82 Å². The fourth-order valence-corrected chi connectivity index (χ4v) is 1.08. The molecule has 0 atom stereocenters. The second kappa shape index (κ2) is 6.08. The van der Waals surface area contributed by atoms with Crippen LogP contribution in [0.4, 0.5) is 5.82 Å². The van der Waals surface area contributed by atoms with Gasteiger partial charge in [0.2, 0.25) is 11.8 Å². The van der Waals surface area contributed by atoms with E-state index in [9.17, 15) is 9.59 Å². The summed E-state index contributed by atoms with van der Waals surface area (Å²) in [7, 11) is 0. The highest BCUT2D eigenvalue weighted by Crippen LogP contribution is 2.00. The molecule has 0 saturated carbocycles. The SMILES string of the molecule is O=C(CCl)NCCC(=O)Nc1ccc[nH]1. The Morgan fingerprint density at radius 3 is 2.80 bits per heavy atom. The maximum absolute atomic E-state index is 11.3. The number of hydrogen-bond donors (Lipinski definition) is 3. The van der Waals surface area contributed by atoms with Gasteiger partial charge in [-0.3, -0.25) is 9.59 Å². The third-order valence-corrected chi connectivity index (χ3v) is 1.91. The molecule has 6 heteroatoms. The van der Waals surface area contributed by atoms with Crippen molar-refractivity contribution < 1.29 is 9.59 Å². The molecule has 0 aliphatic rings. The van der Waals surface area contributed by atoms with Crippen LogP contribution in [-0.4, -0.2) is 29.2 Å². The fraction of sp³-hybridized carbons (Fsp3) is 0.333. The van der Waals surface area contributed by atoms with Crippen LogP contribution in [0.1, 0.15) is 6.42 Å². The number of carbonyl (C=O) groups is 2. The van der Waals surface area contributed by atoms with Crippen molar-refractivity contribution in [2.24, 2.45) is 0 Å². The zero-order valence-corrected chi connectivity index (χ0v) is 8.80. The molecule has 15 heavy (non-hydrogen) atoms. The van der Waals surface area contributed by atoms with Gasteiger partial charge in [-0.1, -0.05) is 0 Å². The fourth-order valence-electron chi connectivity index (χ4n) is 0.983. The molecule has 0 spiro atoms. The van der Waals surface area contributed by atoms with Crippen LogP contribution in [0.25, 0.3) is 0 Å². The zero-order chi connectivity index (χ0) is 11.1. The Bertz CT molecular complexity index is 324. The molecule has 1 heterocycles. The topological polar surface area (TPSA) is 74.0 Å². The molecule has 0 saturated heterocycles. The third-order valence-electron chi connectivity index (χ3n) is 1.67. The first kappa shape index (κ1) is 11.6. The number of amides is 2. The van der Waals surface area contributed by atoms with E-state index in [-0.39, 0.29) is 30.7 Å². The van der Waals surface area contributed by atoms with E-state index in [4.69, 9.17) is 11.6 Å². The van der Waals surface area contributed by atoms with Gasteiger partial charge in [0, 0.05) is 19.2 Å². The van der Waals surface area contributed by atoms with Crippen LogP contribution in [0.15, 0.2) is 18.3 Å². The summed E-state index contributed by atoms with van der Waals surface area (Å²) in [4.78, 5) is 24.8. The summed E-state index contributed by atoms with van der Waals surface area (Å²) in [5.74, 6) is 0.124. The summed E-state index contributed by atoms with van der Waals surface area (Å²) in [5.41, 5.74) is 0. The van der Waals surface area contributed by atoms with Crippen molar-refractivity contribution in [3.8, 4) is 0 Å². The molecule has 0 aromatic carbocycles. The van der Waals surface area contributed by atoms with Gasteiger partial charge in [-0.25, -0.2) is 0 Å². The van der Waals surface area contributed by atoms with Crippen LogP contribution < -0.4 is 10.6 Å². The maximum Gasteiger partial charge on any atom is 0.234 e. The van der Waals surface area contributed by atoms with Crippen molar-refractivity contribution >= 4 is 29.2 Å². The van der Waals surface area contributed by atoms with Crippen LogP contribution in [0.3, 0.4) is 0 Å². The standard InChI is InChI=1S/C9H12ClN3O2/c10-6-9(15)12-5-3-8(14)13-7-2-1-4-11-7/h1-2,4,11H,3,5-6H2,(H,12,15)(H,13,14). The highest BCUT2D eigenvalue weighted by atomic mass is 35.5. The van der Waals surface area contributed by atoms with Crippen LogP contribution in [0.5, 0.6) is 0 Å². The molecule has 0 unspecified atom stereocenters. The van der Waals surface area contributed by atoms with Gasteiger partial charge >= 0.3 is 0 Å². The quantitative estimate of drug-likeness (QED) is 0.651. The number of nitrogens with one attached hydrogen (secondary N) is 3. The van der Waals surface area contributed by atoms with E-state index in [2.05, 4.69) is 15.6 Å². The summed E-state index contributed by atoms with van der Waals surface area (Å²) < 4.78 is 0. The Morgan fingerprint density at radius 1 is 1.40 bits per heavy atom. The minimum Gasteiger partial charge on any atom is -0.355 e. The van der Waals surface area contributed by atoms with Gasteiger partial charge in [0.25, 0.3) is 0 Å². The van der Waals surface area contributed by atoms with Crippen molar-refractivity contribution in [3.63, 3.8) is 0 Å². The van der Waals surface area contributed by atoms with Crippen LogP contribution in [0.2, 0.25) is 0 Å². The molecular formula is C9H12ClN3O2. The second-order valence-electron chi connectivity index (χ2n) is 2.87. The average molecular weight is 230 g/mol. The van der Waals surface area contributed by atoms with Gasteiger partial charge < -0.3 is 15.6 Å². The monoisotopic (exact) mass is 229 g/mol. The lowest BCUT2D eigenvalue weighted by molar-refractivity contribution is -0.119. The molecule has 5 nitrogen and oxygen atoms in total. The van der Waals surface area contributed by atoms with Crippen LogP contribution >= 0.6 is 11.6 Å². The molecule has 0 aliphatic carbocycles. The van der Waals surface area contributed by atoms with Gasteiger partial charge in [-0.15, -0.1) is 11.6 Å². The smallest absolute Gasteiger partial charge is 0.234 e. The average Bonchev–Trinajstić information content (AvgIpc) is 2.70. The number of aromatic nitrogens is 1. The number of aromatic amines is 1. The largest absolute Gasteiger partial charge is 0.355 e. The Morgan fingerprint density at radius 2 is 2.20 bits per heavy atom. The molecular weight excluding hydrogens is 218 g/mol. The number of hydrogen-bond acceptors (Lipinski definition) is 2. The maximum atomic E-state index is 11.3. The van der Waals surface area contributed by atoms with Crippen LogP contribution in [0, 0.1) is 0 Å². The van der Waals surface area contributed by atoms with Gasteiger partial charge in [0.05, 0.1) is 0 Å². The molecule has 1 aromatic heterocycles. The van der Waals surface area contributed by atoms with Crippen LogP contribution in [-0.2, 0) is 9.59 Å². The van der Waals surface area contributed by atoms with Crippen molar-refractivity contribution in [2.45, 2.75) is 6.42 Å². The van der Waals surface area contributed by atoms with E-state index in [1.165, 1.54) is 0 Å². The van der Waals surface area contributed by atoms with E-state index in [1.54, 1.807) is 18.3 Å². The first-order chi connectivity index (χ1) is 7.22. The number of carbonyl (C=O) groups excluding carboxylic acids is 2. The Labute approximate surface area is 92.2 Å². The normalized spacial score (nSPS) is 9.67. The molecule has 2 amide bonds. The molecule has 82 valence electrons. The first-order valence-electron chi connectivity index (χ1n) is 4.48. The van der Waals surface area contributed by atoms with Gasteiger partial charge in [0.15, 0.2) is 0 Å². The Balaban J connectivity index is 2.17. The molecule has 1 aromatic rings. The van der Waals surface area contributed by atoms with E-state index >= 15 is 0 Å². The van der Waals surface area contributed by atoms with Gasteiger partial charge in [-0.2, -0.15) is 0 Å². The summed E-state index contributed by atoms with van der Waals surface area (Å²) in [6.45, 7) is 0.290. The number of H-pyrrole nitrogens is 1. The van der Waals surface area contributed by atoms with Crippen molar-refractivity contribution in [3.05, 3.63) is 18.3 Å². The highest BCUT2D eigenvalue weighted by molar-refractivity contribution is 6.27. The molecule has 0 aliphatic heterocycles. The lowest BCUT2D eigenvalue weighted by Gasteiger charge is -2.03. The lowest BCUT2D eigenvalue weighted by Crippen LogP contribution is -2.28. The Hall–Kier alpha value is -1.49. The van der Waals surface area contributed by atoms with E-state index in [0.717, 1.165) is 0 Å². The molecule has 1 rings (SSSR count). The summed E-state index contributed by atoms with van der Waals surface area (Å²) >= 11 is 5.26. The molecule has 0 fully saturated rings. The first-order valence-corrected chi connectivity index (χ1v) is 5.01. The Kier molecular flexibility index (Phi) is 4.70. The van der Waals surface area contributed by atoms with E-state index in [1.807, 2.05) is 0 Å². The van der Waals surface area contributed by atoms with Crippen molar-refractivity contribution in [2.75, 3.05) is 17.7 Å². The van der Waals surface area contributed by atoms with Crippen molar-refractivity contribution in [1.82, 2.24) is 10.3 Å². The second-order valence-corrected chi connectivity index (χ2v) is 3.13. The molecule has 3 N–H and O–H groups in total. The molecule has 0 bridgehead atoms. The molecule has 0 radical (unpaired) electrons. The van der Waals surface area contributed by atoms with E-state index < -0.39 is 0 Å². The number of anilines is 1. The third kappa shape index (κ3) is 4.51. The predicted molar refractivity (Wildman–Crippen MR) is 57.8 cm³/mol. The number of rotatable bonds is 5. The van der Waals surface area contributed by atoms with Gasteiger partial charge in [-0.05, 0) is 12.1 Å². The number of halogens is 1. The summed E-state index contributed by atoms with van der Waals surface area (Å²) in [5, 5.41) is 5.14. The minimum atomic E-state index is -0.274.